The molecule has 1 saturated heterocycles. The van der Waals surface area contributed by atoms with Crippen molar-refractivity contribution in [2.75, 3.05) is 13.1 Å². The topological polar surface area (TPSA) is 20.3 Å². The fourth-order valence-electron chi connectivity index (χ4n) is 2.04. The zero-order valence-corrected chi connectivity index (χ0v) is 8.67. The first-order chi connectivity index (χ1) is 6.34. The van der Waals surface area contributed by atoms with Crippen molar-refractivity contribution < 1.29 is 4.79 Å². The highest BCUT2D eigenvalue weighted by atomic mass is 16.1. The highest BCUT2D eigenvalue weighted by Gasteiger charge is 2.15. The van der Waals surface area contributed by atoms with E-state index in [2.05, 4.69) is 11.8 Å². The van der Waals surface area contributed by atoms with Crippen LogP contribution in [0.25, 0.3) is 0 Å². The normalized spacial score (nSPS) is 21.3. The molecule has 0 radical (unpaired) electrons. The maximum Gasteiger partial charge on any atom is 0.119 e. The molecular formula is C11H21NO. The number of piperidine rings is 1. The molecule has 1 heterocycles. The van der Waals surface area contributed by atoms with E-state index in [0.717, 1.165) is 19.1 Å². The van der Waals surface area contributed by atoms with Gasteiger partial charge in [-0.1, -0.05) is 6.42 Å². The molecule has 1 atom stereocenters. The van der Waals surface area contributed by atoms with Crippen LogP contribution >= 0.6 is 0 Å². The van der Waals surface area contributed by atoms with Gasteiger partial charge in [0.05, 0.1) is 0 Å². The van der Waals surface area contributed by atoms with Crippen molar-refractivity contribution in [3.05, 3.63) is 0 Å². The third-order valence-electron chi connectivity index (χ3n) is 2.96. The summed E-state index contributed by atoms with van der Waals surface area (Å²) in [5, 5.41) is 0. The molecule has 0 amide bonds. The minimum absolute atomic E-state index is 0.681. The average molecular weight is 183 g/mol. The Balaban J connectivity index is 2.13. The first-order valence-electron chi connectivity index (χ1n) is 5.52. The van der Waals surface area contributed by atoms with Crippen molar-refractivity contribution >= 4 is 6.29 Å². The summed E-state index contributed by atoms with van der Waals surface area (Å²) in [6, 6.07) is 0.681. The molecule has 0 saturated carbocycles. The summed E-state index contributed by atoms with van der Waals surface area (Å²) in [6.07, 6.45) is 8.12. The van der Waals surface area contributed by atoms with Crippen LogP contribution in [-0.4, -0.2) is 30.3 Å². The second-order valence-corrected chi connectivity index (χ2v) is 4.04. The standard InChI is InChI=1S/C11H21NO/c1-11(7-3-6-10-13)12-8-4-2-5-9-12/h10-11H,2-9H2,1H3. The van der Waals surface area contributed by atoms with Crippen LogP contribution < -0.4 is 0 Å². The van der Waals surface area contributed by atoms with Gasteiger partial charge in [-0.05, 0) is 45.7 Å². The molecule has 0 aliphatic carbocycles. The molecule has 0 aromatic heterocycles. The molecule has 1 fully saturated rings. The van der Waals surface area contributed by atoms with E-state index in [1.807, 2.05) is 0 Å². The second kappa shape index (κ2) is 6.14. The van der Waals surface area contributed by atoms with E-state index in [-0.39, 0.29) is 0 Å². The number of hydrogen-bond donors (Lipinski definition) is 0. The lowest BCUT2D eigenvalue weighted by Gasteiger charge is -2.32. The summed E-state index contributed by atoms with van der Waals surface area (Å²) in [5.74, 6) is 0. The van der Waals surface area contributed by atoms with Gasteiger partial charge in [0.25, 0.3) is 0 Å². The van der Waals surface area contributed by atoms with Crippen LogP contribution in [0.5, 0.6) is 0 Å². The van der Waals surface area contributed by atoms with Gasteiger partial charge in [-0.2, -0.15) is 0 Å². The summed E-state index contributed by atoms with van der Waals surface area (Å²) in [5.41, 5.74) is 0. The monoisotopic (exact) mass is 183 g/mol. The predicted molar refractivity (Wildman–Crippen MR) is 54.8 cm³/mol. The lowest BCUT2D eigenvalue weighted by atomic mass is 10.1. The van der Waals surface area contributed by atoms with Crippen molar-refractivity contribution in [2.45, 2.75) is 51.5 Å². The number of nitrogens with zero attached hydrogens (tertiary/aromatic N) is 1. The van der Waals surface area contributed by atoms with Gasteiger partial charge in [-0.15, -0.1) is 0 Å². The smallest absolute Gasteiger partial charge is 0.119 e. The maximum atomic E-state index is 10.1. The first-order valence-corrected chi connectivity index (χ1v) is 5.52. The molecule has 2 heteroatoms. The molecule has 0 bridgehead atoms. The first kappa shape index (κ1) is 10.7. The van der Waals surface area contributed by atoms with E-state index in [1.165, 1.54) is 38.8 Å². The van der Waals surface area contributed by atoms with Gasteiger partial charge in [0.1, 0.15) is 6.29 Å². The van der Waals surface area contributed by atoms with Crippen LogP contribution in [0.2, 0.25) is 0 Å². The molecule has 13 heavy (non-hydrogen) atoms. The second-order valence-electron chi connectivity index (χ2n) is 4.04. The SMILES string of the molecule is CC(CCCC=O)N1CCCCC1. The van der Waals surface area contributed by atoms with Crippen LogP contribution in [-0.2, 0) is 4.79 Å². The maximum absolute atomic E-state index is 10.1. The Kier molecular flexibility index (Phi) is 5.06. The Morgan fingerprint density at radius 2 is 2.00 bits per heavy atom. The molecular weight excluding hydrogens is 162 g/mol. The summed E-state index contributed by atoms with van der Waals surface area (Å²) in [4.78, 5) is 12.7. The summed E-state index contributed by atoms with van der Waals surface area (Å²) in [7, 11) is 0. The lowest BCUT2D eigenvalue weighted by Crippen LogP contribution is -2.37. The number of rotatable bonds is 5. The van der Waals surface area contributed by atoms with Gasteiger partial charge in [-0.3, -0.25) is 0 Å². The third-order valence-corrected chi connectivity index (χ3v) is 2.96. The highest BCUT2D eigenvalue weighted by molar-refractivity contribution is 5.48. The number of unbranched alkanes of at least 4 members (excludes halogenated alkanes) is 1. The van der Waals surface area contributed by atoms with E-state index in [1.54, 1.807) is 0 Å². The number of hydrogen-bond acceptors (Lipinski definition) is 2. The molecule has 2 nitrogen and oxygen atoms in total. The van der Waals surface area contributed by atoms with E-state index in [9.17, 15) is 4.79 Å². The Labute approximate surface area is 81.3 Å². The summed E-state index contributed by atoms with van der Waals surface area (Å²) >= 11 is 0. The van der Waals surface area contributed by atoms with E-state index < -0.39 is 0 Å². The zero-order chi connectivity index (χ0) is 9.52. The van der Waals surface area contributed by atoms with E-state index >= 15 is 0 Å². The lowest BCUT2D eigenvalue weighted by molar-refractivity contribution is -0.108. The average Bonchev–Trinajstić information content (AvgIpc) is 2.19. The molecule has 0 aromatic carbocycles. The van der Waals surface area contributed by atoms with Gasteiger partial charge in [-0.25, -0.2) is 0 Å². The number of carbonyl (C=O) groups excluding carboxylic acids is 1. The molecule has 0 N–H and O–H groups in total. The molecule has 1 aliphatic heterocycles. The van der Waals surface area contributed by atoms with Gasteiger partial charge >= 0.3 is 0 Å². The van der Waals surface area contributed by atoms with Crippen molar-refractivity contribution in [1.29, 1.82) is 0 Å². The molecule has 1 aliphatic rings. The zero-order valence-electron chi connectivity index (χ0n) is 8.67. The number of aldehydes is 1. The van der Waals surface area contributed by atoms with Gasteiger partial charge in [0, 0.05) is 12.5 Å². The highest BCUT2D eigenvalue weighted by Crippen LogP contribution is 2.15. The molecule has 1 unspecified atom stereocenters. The van der Waals surface area contributed by atoms with Gasteiger partial charge < -0.3 is 9.69 Å². The van der Waals surface area contributed by atoms with Crippen molar-refractivity contribution in [3.8, 4) is 0 Å². The Morgan fingerprint density at radius 1 is 1.31 bits per heavy atom. The molecule has 0 aromatic rings. The van der Waals surface area contributed by atoms with Crippen molar-refractivity contribution in [1.82, 2.24) is 4.90 Å². The molecule has 0 spiro atoms. The predicted octanol–water partition coefficient (Wildman–Crippen LogP) is 2.23. The van der Waals surface area contributed by atoms with Crippen LogP contribution in [0.15, 0.2) is 0 Å². The largest absolute Gasteiger partial charge is 0.303 e. The van der Waals surface area contributed by atoms with Crippen LogP contribution in [0.4, 0.5) is 0 Å². The quantitative estimate of drug-likeness (QED) is 0.481. The van der Waals surface area contributed by atoms with Gasteiger partial charge in [0.15, 0.2) is 0 Å². The Bertz CT molecular complexity index is 141. The number of carbonyl (C=O) groups is 1. The summed E-state index contributed by atoms with van der Waals surface area (Å²) in [6.45, 7) is 4.82. The molecule has 76 valence electrons. The van der Waals surface area contributed by atoms with Crippen molar-refractivity contribution in [2.24, 2.45) is 0 Å². The fraction of sp³-hybridized carbons (Fsp3) is 0.909. The van der Waals surface area contributed by atoms with Gasteiger partial charge in [0.2, 0.25) is 0 Å². The number of likely N-dealkylation sites (tertiary alicyclic amines) is 1. The van der Waals surface area contributed by atoms with Crippen LogP contribution in [0, 0.1) is 0 Å². The minimum Gasteiger partial charge on any atom is -0.303 e. The Hall–Kier alpha value is -0.370. The van der Waals surface area contributed by atoms with E-state index in [4.69, 9.17) is 0 Å². The van der Waals surface area contributed by atoms with E-state index in [0.29, 0.717) is 6.04 Å². The minimum atomic E-state index is 0.681. The Morgan fingerprint density at radius 3 is 2.62 bits per heavy atom. The fourth-order valence-corrected chi connectivity index (χ4v) is 2.04. The van der Waals surface area contributed by atoms with Crippen molar-refractivity contribution in [3.63, 3.8) is 0 Å². The van der Waals surface area contributed by atoms with Crippen LogP contribution in [0.3, 0.4) is 0 Å². The molecule has 1 rings (SSSR count). The third kappa shape index (κ3) is 3.90. The van der Waals surface area contributed by atoms with Crippen LogP contribution in [0.1, 0.15) is 45.4 Å². The summed E-state index contributed by atoms with van der Waals surface area (Å²) < 4.78 is 0.